The van der Waals surface area contributed by atoms with Gasteiger partial charge < -0.3 is 14.8 Å². The Morgan fingerprint density at radius 1 is 1.30 bits per heavy atom. The van der Waals surface area contributed by atoms with Crippen molar-refractivity contribution in [3.63, 3.8) is 0 Å². The Hall–Kier alpha value is -2.28. The Kier molecular flexibility index (Phi) is 6.21. The Morgan fingerprint density at radius 2 is 2.04 bits per heavy atom. The first-order chi connectivity index (χ1) is 13.0. The number of nitrogens with one attached hydrogen (secondary N) is 1. The highest BCUT2D eigenvalue weighted by Crippen LogP contribution is 2.37. The fourth-order valence-corrected chi connectivity index (χ4v) is 4.07. The highest BCUT2D eigenvalue weighted by atomic mass is 79.9. The van der Waals surface area contributed by atoms with Gasteiger partial charge in [-0.15, -0.1) is 0 Å². The fourth-order valence-electron chi connectivity index (χ4n) is 3.49. The predicted octanol–water partition coefficient (Wildman–Crippen LogP) is 4.25. The van der Waals surface area contributed by atoms with Crippen LogP contribution in [0.2, 0.25) is 0 Å². The Bertz CT molecular complexity index is 784. The quantitative estimate of drug-likeness (QED) is 0.412. The number of nitrogens with zero attached hydrogens (tertiary/aromatic N) is 1. The van der Waals surface area contributed by atoms with Gasteiger partial charge in [0.1, 0.15) is 12.3 Å². The summed E-state index contributed by atoms with van der Waals surface area (Å²) >= 11 is 3.47. The van der Waals surface area contributed by atoms with E-state index < -0.39 is 0 Å². The SMILES string of the molecule is C=CCOc1c(Br)cc(/C=C2\NC(=O)N(C3CCCCC3)C2=O)cc1OC. The highest BCUT2D eigenvalue weighted by molar-refractivity contribution is 9.10. The average Bonchev–Trinajstić information content (AvgIpc) is 2.94. The second-order valence-electron chi connectivity index (χ2n) is 6.59. The van der Waals surface area contributed by atoms with Crippen LogP contribution in [0.3, 0.4) is 0 Å². The van der Waals surface area contributed by atoms with Crippen molar-refractivity contribution < 1.29 is 19.1 Å². The molecule has 1 aromatic carbocycles. The van der Waals surface area contributed by atoms with Crippen molar-refractivity contribution in [1.82, 2.24) is 10.2 Å². The summed E-state index contributed by atoms with van der Waals surface area (Å²) in [7, 11) is 1.55. The molecule has 0 unspecified atom stereocenters. The molecular weight excluding hydrogens is 412 g/mol. The first-order valence-electron chi connectivity index (χ1n) is 9.02. The van der Waals surface area contributed by atoms with Gasteiger partial charge in [-0.1, -0.05) is 31.9 Å². The van der Waals surface area contributed by atoms with Gasteiger partial charge in [-0.3, -0.25) is 9.69 Å². The molecule has 3 rings (SSSR count). The lowest BCUT2D eigenvalue weighted by Gasteiger charge is -2.28. The topological polar surface area (TPSA) is 67.9 Å². The molecular formula is C20H23BrN2O4. The van der Waals surface area contributed by atoms with Crippen molar-refractivity contribution in [3.05, 3.63) is 40.5 Å². The van der Waals surface area contributed by atoms with Crippen molar-refractivity contribution in [1.29, 1.82) is 0 Å². The first-order valence-corrected chi connectivity index (χ1v) is 9.82. The number of imide groups is 1. The normalized spacial score (nSPS) is 19.3. The summed E-state index contributed by atoms with van der Waals surface area (Å²) in [5.41, 5.74) is 0.998. The molecule has 6 nitrogen and oxygen atoms in total. The number of urea groups is 1. The van der Waals surface area contributed by atoms with Crippen LogP contribution in [0.1, 0.15) is 37.7 Å². The largest absolute Gasteiger partial charge is 0.493 e. The summed E-state index contributed by atoms with van der Waals surface area (Å²) in [6, 6.07) is 3.23. The number of carbonyl (C=O) groups excluding carboxylic acids is 2. The molecule has 27 heavy (non-hydrogen) atoms. The van der Waals surface area contributed by atoms with E-state index in [0.717, 1.165) is 37.7 Å². The van der Waals surface area contributed by atoms with Crippen LogP contribution in [0.15, 0.2) is 35.0 Å². The molecule has 144 valence electrons. The van der Waals surface area contributed by atoms with E-state index in [1.165, 1.54) is 4.90 Å². The molecule has 1 saturated carbocycles. The first kappa shape index (κ1) is 19.5. The number of rotatable bonds is 6. The average molecular weight is 435 g/mol. The van der Waals surface area contributed by atoms with E-state index in [4.69, 9.17) is 9.47 Å². The number of halogens is 1. The fraction of sp³-hybridized carbons (Fsp3) is 0.400. The molecule has 0 radical (unpaired) electrons. The van der Waals surface area contributed by atoms with Gasteiger partial charge in [-0.25, -0.2) is 4.79 Å². The molecule has 0 spiro atoms. The summed E-state index contributed by atoms with van der Waals surface area (Å²) in [4.78, 5) is 26.5. The second-order valence-corrected chi connectivity index (χ2v) is 7.44. The van der Waals surface area contributed by atoms with Crippen LogP contribution < -0.4 is 14.8 Å². The van der Waals surface area contributed by atoms with E-state index in [1.807, 2.05) is 6.07 Å². The smallest absolute Gasteiger partial charge is 0.329 e. The maximum atomic E-state index is 12.8. The van der Waals surface area contributed by atoms with Crippen LogP contribution in [-0.2, 0) is 4.79 Å². The molecule has 0 bridgehead atoms. The van der Waals surface area contributed by atoms with E-state index in [1.54, 1.807) is 25.3 Å². The molecule has 1 aromatic rings. The van der Waals surface area contributed by atoms with Crippen molar-refractivity contribution >= 4 is 33.9 Å². The maximum absolute atomic E-state index is 12.8. The molecule has 1 N–H and O–H groups in total. The lowest BCUT2D eigenvalue weighted by Crippen LogP contribution is -2.41. The minimum absolute atomic E-state index is 0.00639. The molecule has 2 fully saturated rings. The summed E-state index contributed by atoms with van der Waals surface area (Å²) in [5, 5.41) is 2.70. The maximum Gasteiger partial charge on any atom is 0.329 e. The Morgan fingerprint density at radius 3 is 2.70 bits per heavy atom. The lowest BCUT2D eigenvalue weighted by atomic mass is 9.94. The molecule has 7 heteroatoms. The van der Waals surface area contributed by atoms with E-state index in [0.29, 0.717) is 22.6 Å². The van der Waals surface area contributed by atoms with Gasteiger partial charge in [0.2, 0.25) is 0 Å². The van der Waals surface area contributed by atoms with E-state index in [-0.39, 0.29) is 23.7 Å². The van der Waals surface area contributed by atoms with Crippen molar-refractivity contribution in [2.45, 2.75) is 38.1 Å². The standard InChI is InChI=1S/C20H23BrN2O4/c1-3-9-27-18-15(21)10-13(12-17(18)26-2)11-16-19(24)23(20(25)22-16)14-7-5-4-6-8-14/h3,10-12,14H,1,4-9H2,2H3,(H,22,25)/b16-11-. The number of hydrogen-bond donors (Lipinski definition) is 1. The third-order valence-electron chi connectivity index (χ3n) is 4.76. The van der Waals surface area contributed by atoms with Gasteiger partial charge in [0.25, 0.3) is 5.91 Å². The number of benzene rings is 1. The van der Waals surface area contributed by atoms with Gasteiger partial charge >= 0.3 is 6.03 Å². The molecule has 1 aliphatic carbocycles. The van der Waals surface area contributed by atoms with Gasteiger partial charge in [0, 0.05) is 6.04 Å². The van der Waals surface area contributed by atoms with Gasteiger partial charge in [-0.2, -0.15) is 0 Å². The number of ether oxygens (including phenoxy) is 2. The lowest BCUT2D eigenvalue weighted by molar-refractivity contribution is -0.124. The van der Waals surface area contributed by atoms with Crippen molar-refractivity contribution in [2.24, 2.45) is 0 Å². The molecule has 2 aliphatic rings. The monoisotopic (exact) mass is 434 g/mol. The van der Waals surface area contributed by atoms with E-state index >= 15 is 0 Å². The zero-order valence-electron chi connectivity index (χ0n) is 15.3. The molecule has 0 aromatic heterocycles. The zero-order valence-corrected chi connectivity index (χ0v) is 16.9. The number of methoxy groups -OCH3 is 1. The molecule has 1 heterocycles. The van der Waals surface area contributed by atoms with Crippen LogP contribution >= 0.6 is 15.9 Å². The van der Waals surface area contributed by atoms with Gasteiger partial charge in [-0.05, 0) is 52.5 Å². The minimum atomic E-state index is -0.338. The summed E-state index contributed by atoms with van der Waals surface area (Å²) < 4.78 is 11.7. The van der Waals surface area contributed by atoms with E-state index in [9.17, 15) is 9.59 Å². The molecule has 1 saturated heterocycles. The predicted molar refractivity (Wildman–Crippen MR) is 107 cm³/mol. The van der Waals surface area contributed by atoms with E-state index in [2.05, 4.69) is 27.8 Å². The highest BCUT2D eigenvalue weighted by Gasteiger charge is 2.38. The molecule has 1 aliphatic heterocycles. The van der Waals surface area contributed by atoms with Crippen LogP contribution in [0.4, 0.5) is 4.79 Å². The van der Waals surface area contributed by atoms with Gasteiger partial charge in [0.15, 0.2) is 11.5 Å². The minimum Gasteiger partial charge on any atom is -0.493 e. The summed E-state index contributed by atoms with van der Waals surface area (Å²) in [6.45, 7) is 3.98. The third kappa shape index (κ3) is 4.18. The van der Waals surface area contributed by atoms with Crippen molar-refractivity contribution in [3.8, 4) is 11.5 Å². The van der Waals surface area contributed by atoms with Crippen molar-refractivity contribution in [2.75, 3.05) is 13.7 Å². The Balaban J connectivity index is 1.85. The van der Waals surface area contributed by atoms with Crippen LogP contribution in [0.5, 0.6) is 11.5 Å². The Labute approximate surface area is 167 Å². The number of amides is 3. The molecule has 0 atom stereocenters. The van der Waals surface area contributed by atoms with Crippen LogP contribution in [0, 0.1) is 0 Å². The molecule has 3 amide bonds. The van der Waals surface area contributed by atoms with Gasteiger partial charge in [0.05, 0.1) is 11.6 Å². The summed E-state index contributed by atoms with van der Waals surface area (Å²) in [6.07, 6.45) is 8.33. The zero-order chi connectivity index (χ0) is 19.4. The number of hydrogen-bond acceptors (Lipinski definition) is 4. The number of carbonyl (C=O) groups is 2. The summed E-state index contributed by atoms with van der Waals surface area (Å²) in [5.74, 6) is 0.818. The third-order valence-corrected chi connectivity index (χ3v) is 5.35. The second kappa shape index (κ2) is 8.61. The van der Waals surface area contributed by atoms with Crippen LogP contribution in [-0.4, -0.2) is 36.6 Å². The van der Waals surface area contributed by atoms with Crippen LogP contribution in [0.25, 0.3) is 6.08 Å².